The van der Waals surface area contributed by atoms with Crippen LogP contribution < -0.4 is 0 Å². The van der Waals surface area contributed by atoms with Gasteiger partial charge in [0.05, 0.1) is 0 Å². The first-order chi connectivity index (χ1) is 14.1. The van der Waals surface area contributed by atoms with Crippen molar-refractivity contribution in [2.24, 2.45) is 58.2 Å². The van der Waals surface area contributed by atoms with E-state index in [1.54, 1.807) is 0 Å². The van der Waals surface area contributed by atoms with E-state index in [9.17, 15) is 9.59 Å². The maximum atomic E-state index is 13.2. The van der Waals surface area contributed by atoms with E-state index >= 15 is 0 Å². The zero-order valence-electron chi connectivity index (χ0n) is 20.5. The van der Waals surface area contributed by atoms with Crippen LogP contribution in [0.15, 0.2) is 0 Å². The summed E-state index contributed by atoms with van der Waals surface area (Å²) in [7, 11) is 0. The maximum Gasteiger partial charge on any atom is 0.136 e. The quantitative estimate of drug-likeness (QED) is 0.480. The van der Waals surface area contributed by atoms with Crippen molar-refractivity contribution in [1.82, 2.24) is 0 Å². The van der Waals surface area contributed by atoms with Gasteiger partial charge in [0.25, 0.3) is 0 Å². The van der Waals surface area contributed by atoms with E-state index in [0.29, 0.717) is 47.6 Å². The molecule has 0 amide bonds. The summed E-state index contributed by atoms with van der Waals surface area (Å²) in [5.74, 6) is 6.09. The SMILES string of the molecule is CC(C)[C@@H](C)CC[C@@H](C)[C@H]1CC[C@H]2[C@@H]3CC(=O)C4CCC(=O)C[C@]4(C)[C@H]3CC[C@]12C. The number of carbonyl (C=O) groups excluding carboxylic acids is 2. The molecular formula is C28H46O2. The number of carbonyl (C=O) groups is 2. The van der Waals surface area contributed by atoms with Crippen molar-refractivity contribution in [3.63, 3.8) is 0 Å². The molecule has 2 heteroatoms. The van der Waals surface area contributed by atoms with Gasteiger partial charge in [0.2, 0.25) is 0 Å². The van der Waals surface area contributed by atoms with Crippen molar-refractivity contribution in [3.8, 4) is 0 Å². The third-order valence-corrected chi connectivity index (χ3v) is 11.2. The molecule has 1 unspecified atom stereocenters. The molecule has 0 spiro atoms. The molecule has 30 heavy (non-hydrogen) atoms. The highest BCUT2D eigenvalue weighted by Crippen LogP contribution is 2.67. The Kier molecular flexibility index (Phi) is 6.04. The van der Waals surface area contributed by atoms with Crippen LogP contribution in [-0.2, 0) is 9.59 Å². The van der Waals surface area contributed by atoms with Crippen molar-refractivity contribution >= 4 is 11.6 Å². The minimum Gasteiger partial charge on any atom is -0.300 e. The summed E-state index contributed by atoms with van der Waals surface area (Å²) in [5.41, 5.74) is 0.358. The summed E-state index contributed by atoms with van der Waals surface area (Å²) in [4.78, 5) is 25.6. The standard InChI is InChI=1S/C28H46O2/c1-17(2)18(3)7-8-19(4)22-11-12-23-21-15-26(30)25-10-9-20(29)16-28(25,6)24(21)13-14-27(22,23)5/h17-19,21-25H,7-16H2,1-6H3/t18-,19+,21-,22+,23-,24-,25?,27+,28+/m0/s1. The van der Waals surface area contributed by atoms with Crippen molar-refractivity contribution in [2.75, 3.05) is 0 Å². The minimum absolute atomic E-state index is 0.0485. The molecule has 0 heterocycles. The molecule has 0 aliphatic heterocycles. The smallest absolute Gasteiger partial charge is 0.136 e. The average Bonchev–Trinajstić information content (AvgIpc) is 3.02. The topological polar surface area (TPSA) is 34.1 Å². The summed E-state index contributed by atoms with van der Waals surface area (Å²) in [5, 5.41) is 0. The Morgan fingerprint density at radius 2 is 1.60 bits per heavy atom. The van der Waals surface area contributed by atoms with Gasteiger partial charge in [0, 0.05) is 25.2 Å². The Hall–Kier alpha value is -0.660. The van der Waals surface area contributed by atoms with Gasteiger partial charge in [-0.3, -0.25) is 9.59 Å². The molecule has 4 saturated carbocycles. The van der Waals surface area contributed by atoms with E-state index in [2.05, 4.69) is 41.5 Å². The van der Waals surface area contributed by atoms with Crippen molar-refractivity contribution < 1.29 is 9.59 Å². The molecule has 9 atom stereocenters. The largest absolute Gasteiger partial charge is 0.300 e. The molecule has 0 aromatic heterocycles. The summed E-state index contributed by atoms with van der Waals surface area (Å²) < 4.78 is 0. The van der Waals surface area contributed by atoms with Crippen molar-refractivity contribution in [2.45, 2.75) is 106 Å². The zero-order chi connectivity index (χ0) is 21.8. The average molecular weight is 415 g/mol. The van der Waals surface area contributed by atoms with Gasteiger partial charge in [0.1, 0.15) is 11.6 Å². The third-order valence-electron chi connectivity index (χ3n) is 11.2. The number of Topliss-reactive ketones (excluding diaryl/α,β-unsaturated/α-hetero) is 2. The van der Waals surface area contributed by atoms with Crippen LogP contribution in [0.4, 0.5) is 0 Å². The molecular weight excluding hydrogens is 368 g/mol. The molecule has 0 radical (unpaired) electrons. The van der Waals surface area contributed by atoms with Crippen LogP contribution in [0, 0.1) is 58.2 Å². The lowest BCUT2D eigenvalue weighted by Gasteiger charge is -2.59. The summed E-state index contributed by atoms with van der Waals surface area (Å²) in [6.07, 6.45) is 10.9. The number of ketones is 2. The highest BCUT2D eigenvalue weighted by Gasteiger charge is 2.62. The zero-order valence-corrected chi connectivity index (χ0v) is 20.5. The van der Waals surface area contributed by atoms with Crippen LogP contribution in [0.2, 0.25) is 0 Å². The second-order valence-electron chi connectivity index (χ2n) is 12.9. The molecule has 0 aromatic carbocycles. The molecule has 0 N–H and O–H groups in total. The molecule has 4 rings (SSSR count). The van der Waals surface area contributed by atoms with Crippen molar-refractivity contribution in [1.29, 1.82) is 0 Å². The van der Waals surface area contributed by atoms with Gasteiger partial charge < -0.3 is 0 Å². The van der Waals surface area contributed by atoms with Gasteiger partial charge >= 0.3 is 0 Å². The van der Waals surface area contributed by atoms with E-state index in [1.807, 2.05) is 0 Å². The Morgan fingerprint density at radius 1 is 0.900 bits per heavy atom. The molecule has 4 aliphatic carbocycles. The van der Waals surface area contributed by atoms with Gasteiger partial charge in [-0.05, 0) is 84.4 Å². The summed E-state index contributed by atoms with van der Waals surface area (Å²) in [6, 6.07) is 0. The summed E-state index contributed by atoms with van der Waals surface area (Å²) >= 11 is 0. The first kappa shape index (κ1) is 22.5. The highest BCUT2D eigenvalue weighted by molar-refractivity contribution is 5.88. The van der Waals surface area contributed by atoms with Crippen LogP contribution >= 0.6 is 0 Å². The minimum atomic E-state index is -0.0485. The predicted molar refractivity (Wildman–Crippen MR) is 123 cm³/mol. The Morgan fingerprint density at radius 3 is 2.30 bits per heavy atom. The third kappa shape index (κ3) is 3.53. The lowest BCUT2D eigenvalue weighted by molar-refractivity contribution is -0.158. The lowest BCUT2D eigenvalue weighted by atomic mass is 9.44. The van der Waals surface area contributed by atoms with Gasteiger partial charge in [0.15, 0.2) is 0 Å². The van der Waals surface area contributed by atoms with Crippen LogP contribution in [-0.4, -0.2) is 11.6 Å². The Bertz CT molecular complexity index is 680. The van der Waals surface area contributed by atoms with Crippen LogP contribution in [0.3, 0.4) is 0 Å². The predicted octanol–water partition coefficient (Wildman–Crippen LogP) is 7.10. The van der Waals surface area contributed by atoms with E-state index in [4.69, 9.17) is 0 Å². The number of hydrogen-bond donors (Lipinski definition) is 0. The molecule has 0 saturated heterocycles. The fourth-order valence-electron chi connectivity index (χ4n) is 8.99. The molecule has 0 aromatic rings. The fourth-order valence-corrected chi connectivity index (χ4v) is 8.99. The fraction of sp³-hybridized carbons (Fsp3) is 0.929. The van der Waals surface area contributed by atoms with E-state index in [-0.39, 0.29) is 11.3 Å². The van der Waals surface area contributed by atoms with Gasteiger partial charge in [-0.15, -0.1) is 0 Å². The van der Waals surface area contributed by atoms with Crippen LogP contribution in [0.5, 0.6) is 0 Å². The monoisotopic (exact) mass is 414 g/mol. The van der Waals surface area contributed by atoms with Gasteiger partial charge in [-0.1, -0.05) is 54.4 Å². The molecule has 0 bridgehead atoms. The number of fused-ring (bicyclic) bond motifs is 5. The first-order valence-electron chi connectivity index (χ1n) is 13.1. The molecule has 2 nitrogen and oxygen atoms in total. The molecule has 170 valence electrons. The first-order valence-corrected chi connectivity index (χ1v) is 13.1. The second kappa shape index (κ2) is 8.04. The van der Waals surface area contributed by atoms with Crippen LogP contribution in [0.25, 0.3) is 0 Å². The normalized spacial score (nSPS) is 45.6. The number of hydrogen-bond acceptors (Lipinski definition) is 2. The summed E-state index contributed by atoms with van der Waals surface area (Å²) in [6.45, 7) is 14.5. The van der Waals surface area contributed by atoms with E-state index < -0.39 is 0 Å². The molecule has 4 fully saturated rings. The lowest BCUT2D eigenvalue weighted by Crippen LogP contribution is -2.57. The van der Waals surface area contributed by atoms with Gasteiger partial charge in [-0.25, -0.2) is 0 Å². The number of rotatable bonds is 5. The van der Waals surface area contributed by atoms with Crippen molar-refractivity contribution in [3.05, 3.63) is 0 Å². The Labute approximate surface area is 185 Å². The maximum absolute atomic E-state index is 13.2. The highest BCUT2D eigenvalue weighted by atomic mass is 16.1. The van der Waals surface area contributed by atoms with Gasteiger partial charge in [-0.2, -0.15) is 0 Å². The van der Waals surface area contributed by atoms with Crippen LogP contribution in [0.1, 0.15) is 106 Å². The Balaban J connectivity index is 1.52. The second-order valence-corrected chi connectivity index (χ2v) is 12.9. The van der Waals surface area contributed by atoms with E-state index in [1.165, 1.54) is 38.5 Å². The van der Waals surface area contributed by atoms with E-state index in [0.717, 1.165) is 36.5 Å². The molecule has 4 aliphatic rings.